The number of benzene rings is 1. The summed E-state index contributed by atoms with van der Waals surface area (Å²) in [6.45, 7) is 3.14. The minimum Gasteiger partial charge on any atom is -0.308 e. The lowest BCUT2D eigenvalue weighted by molar-refractivity contribution is 0.0880. The third kappa shape index (κ3) is 2.21. The molecule has 0 saturated heterocycles. The Morgan fingerprint density at radius 1 is 1.27 bits per heavy atom. The monoisotopic (exact) mass is 213 g/mol. The molecule has 82 valence electrons. The van der Waals surface area contributed by atoms with Crippen LogP contribution in [-0.2, 0) is 0 Å². The third-order valence-corrected chi connectivity index (χ3v) is 2.38. The van der Waals surface area contributed by atoms with E-state index in [1.54, 1.807) is 20.9 Å². The van der Waals surface area contributed by atoms with Gasteiger partial charge in [0.05, 0.1) is 11.1 Å². The molecule has 1 N–H and O–H groups in total. The van der Waals surface area contributed by atoms with Gasteiger partial charge in [-0.05, 0) is 33.0 Å². The molecule has 2 nitrogen and oxygen atoms in total. The average Bonchev–Trinajstić information content (AvgIpc) is 2.17. The van der Waals surface area contributed by atoms with Gasteiger partial charge in [0.15, 0.2) is 5.78 Å². The Balaban J connectivity index is 3.23. The van der Waals surface area contributed by atoms with Crippen molar-refractivity contribution in [3.05, 3.63) is 35.4 Å². The summed E-state index contributed by atoms with van der Waals surface area (Å²) >= 11 is 0. The van der Waals surface area contributed by atoms with E-state index >= 15 is 0 Å². The topological polar surface area (TPSA) is 29.1 Å². The highest BCUT2D eigenvalue weighted by Gasteiger charge is 2.30. The van der Waals surface area contributed by atoms with Gasteiger partial charge in [0, 0.05) is 0 Å². The van der Waals surface area contributed by atoms with Crippen LogP contribution in [0.2, 0.25) is 0 Å². The summed E-state index contributed by atoms with van der Waals surface area (Å²) in [5.41, 5.74) is -1.47. The van der Waals surface area contributed by atoms with Crippen molar-refractivity contribution < 1.29 is 13.6 Å². The van der Waals surface area contributed by atoms with Crippen LogP contribution in [0.3, 0.4) is 0 Å². The van der Waals surface area contributed by atoms with Crippen molar-refractivity contribution in [3.63, 3.8) is 0 Å². The lowest BCUT2D eigenvalue weighted by Gasteiger charge is -2.22. The van der Waals surface area contributed by atoms with E-state index in [4.69, 9.17) is 0 Å². The second kappa shape index (κ2) is 4.06. The first kappa shape index (κ1) is 11.8. The molecule has 0 saturated carbocycles. The lowest BCUT2D eigenvalue weighted by atomic mass is 9.93. The van der Waals surface area contributed by atoms with Crippen LogP contribution in [0.1, 0.15) is 24.2 Å². The smallest absolute Gasteiger partial charge is 0.188 e. The zero-order chi connectivity index (χ0) is 11.6. The van der Waals surface area contributed by atoms with Gasteiger partial charge in [-0.15, -0.1) is 0 Å². The maximum atomic E-state index is 13.3. The number of hydrogen-bond donors (Lipinski definition) is 1. The van der Waals surface area contributed by atoms with E-state index in [9.17, 15) is 13.6 Å². The number of halogens is 2. The predicted octanol–water partition coefficient (Wildman–Crippen LogP) is 2.15. The van der Waals surface area contributed by atoms with Crippen molar-refractivity contribution in [1.82, 2.24) is 5.32 Å². The zero-order valence-electron chi connectivity index (χ0n) is 8.90. The Morgan fingerprint density at radius 3 is 2.13 bits per heavy atom. The number of carbonyl (C=O) groups is 1. The molecule has 0 radical (unpaired) electrons. The molecule has 1 aromatic rings. The SMILES string of the molecule is CNC(C)(C)C(=O)c1c(F)cccc1F. The molecule has 0 aliphatic carbocycles. The van der Waals surface area contributed by atoms with E-state index in [-0.39, 0.29) is 0 Å². The Morgan fingerprint density at radius 2 is 1.73 bits per heavy atom. The fourth-order valence-corrected chi connectivity index (χ4v) is 1.14. The highest BCUT2D eigenvalue weighted by Crippen LogP contribution is 2.18. The summed E-state index contributed by atoms with van der Waals surface area (Å²) in [6, 6.07) is 3.37. The number of carbonyl (C=O) groups excluding carboxylic acids is 1. The van der Waals surface area contributed by atoms with Gasteiger partial charge in [-0.3, -0.25) is 4.79 Å². The number of likely N-dealkylation sites (N-methyl/N-ethyl adjacent to an activating group) is 1. The van der Waals surface area contributed by atoms with Gasteiger partial charge >= 0.3 is 0 Å². The number of nitrogens with one attached hydrogen (secondary N) is 1. The van der Waals surface area contributed by atoms with Crippen molar-refractivity contribution in [3.8, 4) is 0 Å². The highest BCUT2D eigenvalue weighted by molar-refractivity contribution is 6.03. The molecular weight excluding hydrogens is 200 g/mol. The molecule has 0 aliphatic heterocycles. The molecule has 0 bridgehead atoms. The minimum atomic E-state index is -0.983. The van der Waals surface area contributed by atoms with Crippen LogP contribution in [0.4, 0.5) is 8.78 Å². The predicted molar refractivity (Wildman–Crippen MR) is 53.8 cm³/mol. The molecular formula is C11H13F2NO. The van der Waals surface area contributed by atoms with Crippen molar-refractivity contribution in [1.29, 1.82) is 0 Å². The second-order valence-corrected chi connectivity index (χ2v) is 3.80. The second-order valence-electron chi connectivity index (χ2n) is 3.80. The van der Waals surface area contributed by atoms with Crippen LogP contribution < -0.4 is 5.32 Å². The Bertz CT molecular complexity index is 368. The maximum Gasteiger partial charge on any atom is 0.188 e. The van der Waals surface area contributed by atoms with Crippen molar-refractivity contribution in [2.24, 2.45) is 0 Å². The summed E-state index contributed by atoms with van der Waals surface area (Å²) in [5, 5.41) is 2.71. The summed E-state index contributed by atoms with van der Waals surface area (Å²) in [5.74, 6) is -2.26. The lowest BCUT2D eigenvalue weighted by Crippen LogP contribution is -2.45. The molecule has 1 aromatic carbocycles. The molecule has 4 heteroatoms. The molecule has 0 aliphatic rings. The molecule has 0 unspecified atom stereocenters. The van der Waals surface area contributed by atoms with Crippen molar-refractivity contribution >= 4 is 5.78 Å². The first-order valence-corrected chi connectivity index (χ1v) is 4.58. The van der Waals surface area contributed by atoms with Gasteiger partial charge in [0.1, 0.15) is 11.6 Å². The number of hydrogen-bond acceptors (Lipinski definition) is 2. The van der Waals surface area contributed by atoms with E-state index in [1.807, 2.05) is 0 Å². The van der Waals surface area contributed by atoms with E-state index in [0.717, 1.165) is 12.1 Å². The minimum absolute atomic E-state index is 0.489. The number of rotatable bonds is 3. The van der Waals surface area contributed by atoms with Crippen molar-refractivity contribution in [2.75, 3.05) is 7.05 Å². The summed E-state index contributed by atoms with van der Waals surface area (Å²) < 4.78 is 26.6. The van der Waals surface area contributed by atoms with Crippen LogP contribution in [0.15, 0.2) is 18.2 Å². The molecule has 0 fully saturated rings. The Kier molecular flexibility index (Phi) is 3.19. The van der Waals surface area contributed by atoms with E-state index in [1.165, 1.54) is 6.07 Å². The van der Waals surface area contributed by atoms with E-state index < -0.39 is 28.5 Å². The van der Waals surface area contributed by atoms with Gasteiger partial charge in [0.25, 0.3) is 0 Å². The number of ketones is 1. The van der Waals surface area contributed by atoms with Crippen molar-refractivity contribution in [2.45, 2.75) is 19.4 Å². The van der Waals surface area contributed by atoms with E-state index in [2.05, 4.69) is 5.32 Å². The third-order valence-electron chi connectivity index (χ3n) is 2.38. The number of Topliss-reactive ketones (excluding diaryl/α,β-unsaturated/α-hetero) is 1. The Labute approximate surface area is 87.3 Å². The average molecular weight is 213 g/mol. The van der Waals surface area contributed by atoms with Gasteiger partial charge in [0.2, 0.25) is 0 Å². The fourth-order valence-electron chi connectivity index (χ4n) is 1.14. The maximum absolute atomic E-state index is 13.3. The molecule has 0 heterocycles. The summed E-state index contributed by atoms with van der Waals surface area (Å²) in [4.78, 5) is 11.8. The summed E-state index contributed by atoms with van der Waals surface area (Å²) in [7, 11) is 1.57. The molecule has 0 amide bonds. The van der Waals surface area contributed by atoms with Gasteiger partial charge in [-0.1, -0.05) is 6.07 Å². The zero-order valence-corrected chi connectivity index (χ0v) is 8.90. The standard InChI is InChI=1S/C11H13F2NO/c1-11(2,14-3)10(15)9-7(12)5-4-6-8(9)13/h4-6,14H,1-3H3. The van der Waals surface area contributed by atoms with Crippen LogP contribution in [0.5, 0.6) is 0 Å². The van der Waals surface area contributed by atoms with Gasteiger partial charge in [-0.25, -0.2) is 8.78 Å². The molecule has 0 spiro atoms. The van der Waals surface area contributed by atoms with Crippen LogP contribution in [0.25, 0.3) is 0 Å². The Hall–Kier alpha value is -1.29. The first-order valence-electron chi connectivity index (χ1n) is 4.58. The summed E-state index contributed by atoms with van der Waals surface area (Å²) in [6.07, 6.45) is 0. The molecule has 0 aromatic heterocycles. The molecule has 1 rings (SSSR count). The fraction of sp³-hybridized carbons (Fsp3) is 0.364. The van der Waals surface area contributed by atoms with Crippen LogP contribution >= 0.6 is 0 Å². The normalized spacial score (nSPS) is 11.5. The van der Waals surface area contributed by atoms with Gasteiger partial charge in [-0.2, -0.15) is 0 Å². The quantitative estimate of drug-likeness (QED) is 0.779. The van der Waals surface area contributed by atoms with Crippen LogP contribution in [-0.4, -0.2) is 18.4 Å². The van der Waals surface area contributed by atoms with Gasteiger partial charge < -0.3 is 5.32 Å². The molecule has 0 atom stereocenters. The highest BCUT2D eigenvalue weighted by atomic mass is 19.1. The first-order chi connectivity index (χ1) is 6.90. The van der Waals surface area contributed by atoms with E-state index in [0.29, 0.717) is 0 Å². The van der Waals surface area contributed by atoms with Crippen LogP contribution in [0, 0.1) is 11.6 Å². The molecule has 15 heavy (non-hydrogen) atoms. The largest absolute Gasteiger partial charge is 0.308 e.